The Bertz CT molecular complexity index is 580. The second-order valence-corrected chi connectivity index (χ2v) is 5.49. The molecule has 1 aromatic rings. The van der Waals surface area contributed by atoms with E-state index in [9.17, 15) is 10.1 Å². The van der Waals surface area contributed by atoms with E-state index in [1.807, 2.05) is 6.92 Å². The minimum absolute atomic E-state index is 0.0876. The normalized spacial score (nSPS) is 14.9. The summed E-state index contributed by atoms with van der Waals surface area (Å²) < 4.78 is 5.85. The van der Waals surface area contributed by atoms with E-state index in [4.69, 9.17) is 10.00 Å². The van der Waals surface area contributed by atoms with Crippen LogP contribution in [0.4, 0.5) is 5.69 Å². The Hall–Kier alpha value is -2.13. The number of benzene rings is 1. The van der Waals surface area contributed by atoms with Crippen molar-refractivity contribution in [3.63, 3.8) is 0 Å². The van der Waals surface area contributed by atoms with Crippen LogP contribution < -0.4 is 10.1 Å². The third-order valence-corrected chi connectivity index (χ3v) is 3.51. The third-order valence-electron chi connectivity index (χ3n) is 3.51. The van der Waals surface area contributed by atoms with Crippen molar-refractivity contribution in [1.29, 1.82) is 5.26 Å². The van der Waals surface area contributed by atoms with Gasteiger partial charge in [0.2, 0.25) is 0 Å². The standard InChI is InChI=1S/C15H21N3O3/c1-10-7-14(11(2)6-13(10)18(19)20)21-12(3)8-15(4,9-16)17-5/h6-7,12,17H,8H2,1-5H3. The summed E-state index contributed by atoms with van der Waals surface area (Å²) in [6.45, 7) is 7.14. The van der Waals surface area contributed by atoms with Crippen LogP contribution in [0.2, 0.25) is 0 Å². The molecule has 0 heterocycles. The quantitative estimate of drug-likeness (QED) is 0.643. The first-order valence-electron chi connectivity index (χ1n) is 6.75. The van der Waals surface area contributed by atoms with Gasteiger partial charge in [-0.1, -0.05) is 0 Å². The number of hydrogen-bond acceptors (Lipinski definition) is 5. The molecule has 0 spiro atoms. The van der Waals surface area contributed by atoms with E-state index >= 15 is 0 Å². The summed E-state index contributed by atoms with van der Waals surface area (Å²) in [5.74, 6) is 0.613. The number of nitrogens with one attached hydrogen (secondary N) is 1. The number of ether oxygens (including phenoxy) is 1. The fourth-order valence-corrected chi connectivity index (χ4v) is 2.14. The molecule has 0 radical (unpaired) electrons. The number of nitro groups is 1. The van der Waals surface area contributed by atoms with Crippen LogP contribution in [0, 0.1) is 35.3 Å². The molecule has 0 saturated heterocycles. The average Bonchev–Trinajstić information content (AvgIpc) is 2.41. The van der Waals surface area contributed by atoms with Gasteiger partial charge in [0.15, 0.2) is 0 Å². The van der Waals surface area contributed by atoms with Gasteiger partial charge in [0, 0.05) is 18.1 Å². The van der Waals surface area contributed by atoms with Crippen LogP contribution >= 0.6 is 0 Å². The smallest absolute Gasteiger partial charge is 0.272 e. The van der Waals surface area contributed by atoms with Gasteiger partial charge in [-0.3, -0.25) is 10.1 Å². The number of nitrogens with zero attached hydrogens (tertiary/aromatic N) is 2. The monoisotopic (exact) mass is 291 g/mol. The topological polar surface area (TPSA) is 88.2 Å². The second-order valence-electron chi connectivity index (χ2n) is 5.49. The van der Waals surface area contributed by atoms with Crippen LogP contribution in [0.3, 0.4) is 0 Å². The highest BCUT2D eigenvalue weighted by Crippen LogP contribution is 2.29. The van der Waals surface area contributed by atoms with E-state index in [1.54, 1.807) is 33.9 Å². The predicted molar refractivity (Wildman–Crippen MR) is 80.4 cm³/mol. The van der Waals surface area contributed by atoms with Gasteiger partial charge in [-0.2, -0.15) is 5.26 Å². The van der Waals surface area contributed by atoms with Gasteiger partial charge in [0.05, 0.1) is 17.1 Å². The van der Waals surface area contributed by atoms with E-state index in [0.29, 0.717) is 23.3 Å². The molecular formula is C15H21N3O3. The Morgan fingerprint density at radius 1 is 1.48 bits per heavy atom. The van der Waals surface area contributed by atoms with Crippen LogP contribution in [-0.2, 0) is 0 Å². The van der Waals surface area contributed by atoms with E-state index in [1.165, 1.54) is 6.07 Å². The lowest BCUT2D eigenvalue weighted by Crippen LogP contribution is -2.41. The Morgan fingerprint density at radius 2 is 2.10 bits per heavy atom. The Balaban J connectivity index is 2.92. The zero-order valence-electron chi connectivity index (χ0n) is 13.1. The summed E-state index contributed by atoms with van der Waals surface area (Å²) in [5, 5.41) is 23.0. The summed E-state index contributed by atoms with van der Waals surface area (Å²) >= 11 is 0. The lowest BCUT2D eigenvalue weighted by molar-refractivity contribution is -0.385. The first kappa shape index (κ1) is 16.9. The first-order chi connectivity index (χ1) is 9.72. The molecule has 0 aliphatic carbocycles. The molecule has 0 fully saturated rings. The van der Waals surface area contributed by atoms with Crippen molar-refractivity contribution in [2.24, 2.45) is 0 Å². The minimum Gasteiger partial charge on any atom is -0.490 e. The molecule has 0 bridgehead atoms. The summed E-state index contributed by atoms with van der Waals surface area (Å²) in [5.41, 5.74) is 0.694. The molecule has 1 N–H and O–H groups in total. The zero-order chi connectivity index (χ0) is 16.2. The van der Waals surface area contributed by atoms with Gasteiger partial charge < -0.3 is 10.1 Å². The van der Waals surface area contributed by atoms with E-state index < -0.39 is 10.5 Å². The highest BCUT2D eigenvalue weighted by Gasteiger charge is 2.25. The van der Waals surface area contributed by atoms with Crippen LogP contribution in [0.1, 0.15) is 31.4 Å². The Labute approximate surface area is 124 Å². The molecule has 1 aromatic carbocycles. The molecule has 0 aliphatic heterocycles. The van der Waals surface area contributed by atoms with Crippen molar-refractivity contribution in [3.05, 3.63) is 33.4 Å². The fraction of sp³-hybridized carbons (Fsp3) is 0.533. The maximum absolute atomic E-state index is 10.9. The molecule has 0 amide bonds. The third kappa shape index (κ3) is 4.17. The molecule has 2 unspecified atom stereocenters. The largest absolute Gasteiger partial charge is 0.490 e. The lowest BCUT2D eigenvalue weighted by atomic mass is 9.97. The number of nitriles is 1. The first-order valence-corrected chi connectivity index (χ1v) is 6.75. The summed E-state index contributed by atoms with van der Waals surface area (Å²) in [6, 6.07) is 5.40. The van der Waals surface area contributed by atoms with Crippen LogP contribution in [0.25, 0.3) is 0 Å². The van der Waals surface area contributed by atoms with E-state index in [2.05, 4.69) is 11.4 Å². The predicted octanol–water partition coefficient (Wildman–Crippen LogP) is 2.87. The number of rotatable bonds is 6. The van der Waals surface area contributed by atoms with Crippen molar-refractivity contribution in [2.75, 3.05) is 7.05 Å². The molecule has 21 heavy (non-hydrogen) atoms. The molecule has 1 rings (SSSR count). The molecule has 114 valence electrons. The van der Waals surface area contributed by atoms with Gasteiger partial charge in [-0.15, -0.1) is 0 Å². The van der Waals surface area contributed by atoms with Crippen molar-refractivity contribution >= 4 is 5.69 Å². The number of aryl methyl sites for hydroxylation is 2. The van der Waals surface area contributed by atoms with Crippen LogP contribution in [0.5, 0.6) is 5.75 Å². The minimum atomic E-state index is -0.664. The summed E-state index contributed by atoms with van der Waals surface area (Å²) in [6.07, 6.45) is 0.316. The highest BCUT2D eigenvalue weighted by molar-refractivity contribution is 5.49. The lowest BCUT2D eigenvalue weighted by Gasteiger charge is -2.25. The van der Waals surface area contributed by atoms with E-state index in [0.717, 1.165) is 0 Å². The molecule has 0 aliphatic rings. The maximum atomic E-state index is 10.9. The van der Waals surface area contributed by atoms with Crippen molar-refractivity contribution in [2.45, 2.75) is 45.8 Å². The van der Waals surface area contributed by atoms with Gasteiger partial charge in [-0.05, 0) is 46.4 Å². The maximum Gasteiger partial charge on any atom is 0.272 e. The fourth-order valence-electron chi connectivity index (χ4n) is 2.14. The van der Waals surface area contributed by atoms with Crippen molar-refractivity contribution < 1.29 is 9.66 Å². The van der Waals surface area contributed by atoms with Crippen LogP contribution in [-0.4, -0.2) is 23.6 Å². The van der Waals surface area contributed by atoms with E-state index in [-0.39, 0.29) is 11.8 Å². The van der Waals surface area contributed by atoms with Gasteiger partial charge >= 0.3 is 0 Å². The molecule has 0 saturated carbocycles. The van der Waals surface area contributed by atoms with Crippen molar-refractivity contribution in [3.8, 4) is 11.8 Å². The average molecular weight is 291 g/mol. The SMILES string of the molecule is CNC(C)(C#N)CC(C)Oc1cc(C)c([N+](=O)[O-])cc1C. The molecular weight excluding hydrogens is 270 g/mol. The van der Waals surface area contributed by atoms with Gasteiger partial charge in [0.1, 0.15) is 11.3 Å². The molecule has 0 aromatic heterocycles. The van der Waals surface area contributed by atoms with Crippen LogP contribution in [0.15, 0.2) is 12.1 Å². The van der Waals surface area contributed by atoms with Gasteiger partial charge in [-0.25, -0.2) is 0 Å². The van der Waals surface area contributed by atoms with Gasteiger partial charge in [0.25, 0.3) is 5.69 Å². The number of hydrogen-bond donors (Lipinski definition) is 1. The highest BCUT2D eigenvalue weighted by atomic mass is 16.6. The summed E-state index contributed by atoms with van der Waals surface area (Å²) in [7, 11) is 1.73. The Morgan fingerprint density at radius 3 is 2.57 bits per heavy atom. The molecule has 2 atom stereocenters. The summed E-state index contributed by atoms with van der Waals surface area (Å²) in [4.78, 5) is 10.5. The number of nitro benzene ring substituents is 1. The molecule has 6 heteroatoms. The molecule has 6 nitrogen and oxygen atoms in total. The second kappa shape index (κ2) is 6.55. The Kier molecular flexibility index (Phi) is 5.28. The van der Waals surface area contributed by atoms with Crippen molar-refractivity contribution in [1.82, 2.24) is 5.32 Å². The zero-order valence-corrected chi connectivity index (χ0v) is 13.1.